The molecule has 2 N–H and O–H groups in total. The maximum absolute atomic E-state index is 12.7. The Balaban J connectivity index is 1.63. The normalized spacial score (nSPS) is 11.5. The molecule has 2 aromatic carbocycles. The highest BCUT2D eigenvalue weighted by Gasteiger charge is 2.16. The summed E-state index contributed by atoms with van der Waals surface area (Å²) in [5, 5.41) is 6.30. The smallest absolute Gasteiger partial charge is 0.253 e. The quantitative estimate of drug-likeness (QED) is 0.473. The third-order valence-electron chi connectivity index (χ3n) is 3.97. The van der Waals surface area contributed by atoms with Gasteiger partial charge in [0.1, 0.15) is 0 Å². The van der Waals surface area contributed by atoms with E-state index in [9.17, 15) is 9.59 Å². The number of amides is 2. The predicted octanol–water partition coefficient (Wildman–Crippen LogP) is 3.70. The first-order valence-electron chi connectivity index (χ1n) is 8.78. The van der Waals surface area contributed by atoms with Crippen molar-refractivity contribution in [3.63, 3.8) is 0 Å². The number of anilines is 1. The van der Waals surface area contributed by atoms with Crippen LogP contribution in [0.2, 0.25) is 0 Å². The van der Waals surface area contributed by atoms with E-state index in [0.717, 1.165) is 5.56 Å². The molecule has 0 aliphatic rings. The fourth-order valence-corrected chi connectivity index (χ4v) is 3.17. The summed E-state index contributed by atoms with van der Waals surface area (Å²) in [4.78, 5) is 33.2. The minimum Gasteiger partial charge on any atom is -0.345 e. The molecule has 0 saturated carbocycles. The molecule has 0 unspecified atom stereocenters. The lowest BCUT2D eigenvalue weighted by Crippen LogP contribution is -2.28. The van der Waals surface area contributed by atoms with E-state index in [1.807, 2.05) is 37.3 Å². The minimum absolute atomic E-state index is 0.150. The summed E-state index contributed by atoms with van der Waals surface area (Å²) in [6.45, 7) is 1.92. The van der Waals surface area contributed by atoms with Crippen LogP contribution in [0.5, 0.6) is 0 Å². The number of benzene rings is 2. The molecule has 0 saturated heterocycles. The number of thioether (sulfide) groups is 1. The molecule has 28 heavy (non-hydrogen) atoms. The maximum Gasteiger partial charge on any atom is 0.253 e. The molecule has 0 aliphatic carbocycles. The summed E-state index contributed by atoms with van der Waals surface area (Å²) in [5.74, 6) is -0.319. The van der Waals surface area contributed by atoms with Crippen LogP contribution < -0.4 is 10.6 Å². The van der Waals surface area contributed by atoms with Crippen LogP contribution in [0.3, 0.4) is 0 Å². The highest BCUT2D eigenvalue weighted by Crippen LogP contribution is 2.19. The van der Waals surface area contributed by atoms with Crippen LogP contribution in [0.15, 0.2) is 78.2 Å². The number of hydrogen-bond donors (Lipinski definition) is 2. The third-order valence-corrected chi connectivity index (χ3v) is 4.84. The Morgan fingerprint density at radius 1 is 0.964 bits per heavy atom. The Morgan fingerprint density at radius 3 is 2.39 bits per heavy atom. The number of rotatable bonds is 7. The second-order valence-electron chi connectivity index (χ2n) is 6.02. The molecule has 1 aromatic heterocycles. The fraction of sp³-hybridized carbons (Fsp3) is 0.143. The number of nitrogens with zero attached hydrogens (tertiary/aromatic N) is 2. The van der Waals surface area contributed by atoms with Crippen LogP contribution in [0, 0.1) is 0 Å². The van der Waals surface area contributed by atoms with E-state index in [1.165, 1.54) is 11.8 Å². The van der Waals surface area contributed by atoms with Gasteiger partial charge in [0.2, 0.25) is 5.91 Å². The summed E-state index contributed by atoms with van der Waals surface area (Å²) in [7, 11) is 0. The maximum atomic E-state index is 12.7. The zero-order valence-corrected chi connectivity index (χ0v) is 16.1. The minimum atomic E-state index is -0.244. The third kappa shape index (κ3) is 5.40. The number of aromatic nitrogens is 2. The first-order chi connectivity index (χ1) is 13.6. The van der Waals surface area contributed by atoms with Crippen molar-refractivity contribution in [2.24, 2.45) is 0 Å². The van der Waals surface area contributed by atoms with Gasteiger partial charge in [0.05, 0.1) is 23.0 Å². The molecule has 3 aromatic rings. The summed E-state index contributed by atoms with van der Waals surface area (Å²) in [6, 6.07) is 18.2. The lowest BCUT2D eigenvalue weighted by Gasteiger charge is -2.16. The first-order valence-corrected chi connectivity index (χ1v) is 9.76. The number of nitrogens with one attached hydrogen (secondary N) is 2. The van der Waals surface area contributed by atoms with Crippen molar-refractivity contribution in [3.8, 4) is 0 Å². The van der Waals surface area contributed by atoms with Crippen LogP contribution >= 0.6 is 11.8 Å². The average molecular weight is 392 g/mol. The second-order valence-corrected chi connectivity index (χ2v) is 6.96. The number of carbonyl (C=O) groups is 2. The Labute approximate surface area is 167 Å². The number of para-hydroxylation sites is 1. The van der Waals surface area contributed by atoms with E-state index in [2.05, 4.69) is 20.6 Å². The lowest BCUT2D eigenvalue weighted by atomic mass is 10.1. The number of carbonyl (C=O) groups excluding carboxylic acids is 2. The van der Waals surface area contributed by atoms with Crippen molar-refractivity contribution in [3.05, 3.63) is 84.2 Å². The van der Waals surface area contributed by atoms with E-state index in [-0.39, 0.29) is 23.6 Å². The Kier molecular flexibility index (Phi) is 6.75. The van der Waals surface area contributed by atoms with Gasteiger partial charge in [-0.2, -0.15) is 0 Å². The van der Waals surface area contributed by atoms with E-state index < -0.39 is 0 Å². The zero-order valence-electron chi connectivity index (χ0n) is 15.3. The van der Waals surface area contributed by atoms with Crippen LogP contribution in [0.25, 0.3) is 0 Å². The predicted molar refractivity (Wildman–Crippen MR) is 110 cm³/mol. The Morgan fingerprint density at radius 2 is 1.64 bits per heavy atom. The molecular weight excluding hydrogens is 372 g/mol. The molecule has 6 nitrogen and oxygen atoms in total. The molecule has 2 amide bonds. The first kappa shape index (κ1) is 19.6. The van der Waals surface area contributed by atoms with Crippen molar-refractivity contribution >= 4 is 29.3 Å². The highest BCUT2D eigenvalue weighted by molar-refractivity contribution is 7.99. The topological polar surface area (TPSA) is 84.0 Å². The van der Waals surface area contributed by atoms with Crippen molar-refractivity contribution in [2.45, 2.75) is 18.1 Å². The van der Waals surface area contributed by atoms with Gasteiger partial charge in [-0.3, -0.25) is 9.59 Å². The Hall–Kier alpha value is -3.19. The van der Waals surface area contributed by atoms with Crippen LogP contribution in [-0.2, 0) is 4.79 Å². The van der Waals surface area contributed by atoms with Gasteiger partial charge in [0, 0.05) is 12.4 Å². The van der Waals surface area contributed by atoms with Gasteiger partial charge in [0.25, 0.3) is 5.91 Å². The molecule has 3 rings (SSSR count). The van der Waals surface area contributed by atoms with Gasteiger partial charge >= 0.3 is 0 Å². The van der Waals surface area contributed by atoms with Crippen molar-refractivity contribution in [1.29, 1.82) is 0 Å². The summed E-state index contributed by atoms with van der Waals surface area (Å²) < 4.78 is 0. The fourth-order valence-electron chi connectivity index (χ4n) is 2.57. The summed E-state index contributed by atoms with van der Waals surface area (Å²) >= 11 is 1.24. The molecule has 1 atom stereocenters. The summed E-state index contributed by atoms with van der Waals surface area (Å²) in [6.07, 6.45) is 3.25. The van der Waals surface area contributed by atoms with Crippen molar-refractivity contribution in [1.82, 2.24) is 15.3 Å². The van der Waals surface area contributed by atoms with Gasteiger partial charge in [-0.1, -0.05) is 54.2 Å². The van der Waals surface area contributed by atoms with Gasteiger partial charge in [-0.05, 0) is 30.7 Å². The number of hydrogen-bond acceptors (Lipinski definition) is 5. The second kappa shape index (κ2) is 9.66. The lowest BCUT2D eigenvalue weighted by molar-refractivity contribution is -0.113. The average Bonchev–Trinajstić information content (AvgIpc) is 2.74. The van der Waals surface area contributed by atoms with Crippen molar-refractivity contribution < 1.29 is 9.59 Å². The molecule has 1 heterocycles. The molecule has 7 heteroatoms. The van der Waals surface area contributed by atoms with Crippen LogP contribution in [0.4, 0.5) is 5.69 Å². The van der Waals surface area contributed by atoms with Crippen LogP contribution in [-0.4, -0.2) is 27.5 Å². The highest BCUT2D eigenvalue weighted by atomic mass is 32.2. The molecule has 142 valence electrons. The molecule has 0 spiro atoms. The van der Waals surface area contributed by atoms with E-state index in [4.69, 9.17) is 0 Å². The molecule has 0 fully saturated rings. The van der Waals surface area contributed by atoms with E-state index in [1.54, 1.807) is 42.7 Å². The molecule has 0 aliphatic heterocycles. The largest absolute Gasteiger partial charge is 0.345 e. The molecule has 0 radical (unpaired) electrons. The van der Waals surface area contributed by atoms with E-state index >= 15 is 0 Å². The van der Waals surface area contributed by atoms with Gasteiger partial charge < -0.3 is 10.6 Å². The molecular formula is C21H20N4O2S. The van der Waals surface area contributed by atoms with Gasteiger partial charge in [-0.15, -0.1) is 0 Å². The van der Waals surface area contributed by atoms with Gasteiger partial charge in [-0.25, -0.2) is 9.97 Å². The van der Waals surface area contributed by atoms with Crippen LogP contribution in [0.1, 0.15) is 28.9 Å². The SMILES string of the molecule is C[C@@H](NC(=O)c1ccccc1NC(=O)CSc1ncccn1)c1ccccc1. The monoisotopic (exact) mass is 392 g/mol. The summed E-state index contributed by atoms with van der Waals surface area (Å²) in [5.41, 5.74) is 1.90. The zero-order chi connectivity index (χ0) is 19.8. The van der Waals surface area contributed by atoms with Crippen molar-refractivity contribution in [2.75, 3.05) is 11.1 Å². The van der Waals surface area contributed by atoms with Gasteiger partial charge in [0.15, 0.2) is 5.16 Å². The van der Waals surface area contributed by atoms with E-state index in [0.29, 0.717) is 16.4 Å². The standard InChI is InChI=1S/C21H20N4O2S/c1-15(16-8-3-2-4-9-16)24-20(27)17-10-5-6-11-18(17)25-19(26)14-28-21-22-12-7-13-23-21/h2-13,15H,14H2,1H3,(H,24,27)(H,25,26)/t15-/m1/s1. The molecule has 0 bridgehead atoms. The Bertz CT molecular complexity index is 935.